The SMILES string of the molecule is COc1ccc(C#N)cc1-c1cc(C)ncc1C(=O)Nc1nc2c(s1)CN(C(=O)c1cccc(C(F)F)c1Cl)C2. The molecule has 1 N–H and O–H groups in total. The van der Waals surface area contributed by atoms with E-state index in [0.29, 0.717) is 39.0 Å². The minimum atomic E-state index is -2.80. The number of anilines is 1. The number of nitrogens with one attached hydrogen (secondary N) is 1. The highest BCUT2D eigenvalue weighted by Gasteiger charge is 2.30. The fraction of sp³-hybridized carbons (Fsp3) is 0.179. The fourth-order valence-corrected chi connectivity index (χ4v) is 5.68. The minimum Gasteiger partial charge on any atom is -0.496 e. The number of nitrogens with zero attached hydrogens (tertiary/aromatic N) is 4. The molecule has 0 fully saturated rings. The van der Waals surface area contributed by atoms with Crippen molar-refractivity contribution in [1.29, 1.82) is 5.26 Å². The topological polar surface area (TPSA) is 108 Å². The van der Waals surface area contributed by atoms with Crippen LogP contribution in [0.3, 0.4) is 0 Å². The number of alkyl halides is 2. The Labute approximate surface area is 236 Å². The summed E-state index contributed by atoms with van der Waals surface area (Å²) < 4.78 is 31.9. The molecular weight excluding hydrogens is 560 g/mol. The maximum atomic E-state index is 13.4. The van der Waals surface area contributed by atoms with Crippen LogP contribution in [0.1, 0.15) is 54.5 Å². The van der Waals surface area contributed by atoms with Crippen LogP contribution in [-0.4, -0.2) is 33.8 Å². The minimum absolute atomic E-state index is 0.00144. The second kappa shape index (κ2) is 11.0. The summed E-state index contributed by atoms with van der Waals surface area (Å²) >= 11 is 7.30. The van der Waals surface area contributed by atoms with Gasteiger partial charge in [0.1, 0.15) is 5.75 Å². The average Bonchev–Trinajstić information content (AvgIpc) is 3.51. The smallest absolute Gasteiger partial charge is 0.265 e. The van der Waals surface area contributed by atoms with Crippen molar-refractivity contribution in [2.24, 2.45) is 0 Å². The number of ether oxygens (including phenoxy) is 1. The van der Waals surface area contributed by atoms with E-state index in [1.807, 2.05) is 0 Å². The first kappa shape index (κ1) is 27.2. The highest BCUT2D eigenvalue weighted by atomic mass is 35.5. The largest absolute Gasteiger partial charge is 0.496 e. The van der Waals surface area contributed by atoms with Gasteiger partial charge >= 0.3 is 0 Å². The monoisotopic (exact) mass is 579 g/mol. The van der Waals surface area contributed by atoms with Crippen LogP contribution in [-0.2, 0) is 13.1 Å². The number of amides is 2. The number of hydrogen-bond donors (Lipinski definition) is 1. The third kappa shape index (κ3) is 5.11. The van der Waals surface area contributed by atoms with E-state index in [9.17, 15) is 23.6 Å². The molecule has 40 heavy (non-hydrogen) atoms. The van der Waals surface area contributed by atoms with Gasteiger partial charge in [0.25, 0.3) is 18.2 Å². The summed E-state index contributed by atoms with van der Waals surface area (Å²) in [5.41, 5.74) is 2.66. The van der Waals surface area contributed by atoms with Crippen molar-refractivity contribution in [1.82, 2.24) is 14.9 Å². The average molecular weight is 580 g/mol. The number of hydrogen-bond acceptors (Lipinski definition) is 7. The Morgan fingerprint density at radius 3 is 2.67 bits per heavy atom. The Hall–Kier alpha value is -4.40. The predicted octanol–water partition coefficient (Wildman–Crippen LogP) is 6.39. The standard InChI is InChI=1S/C28H20ClF2N5O3S/c1-14-8-18(19-9-15(10-32)6-7-22(19)39-2)20(11-33-14)26(37)35-28-34-21-12-36(13-23(21)40-28)27(38)17-5-3-4-16(24(17)29)25(30)31/h3-9,11,25H,12-13H2,1-2H3,(H,34,35,37). The maximum absolute atomic E-state index is 13.4. The fourth-order valence-electron chi connectivity index (χ4n) is 4.41. The lowest BCUT2D eigenvalue weighted by molar-refractivity contribution is 0.0750. The van der Waals surface area contributed by atoms with E-state index in [4.69, 9.17) is 16.3 Å². The molecule has 4 aromatic rings. The van der Waals surface area contributed by atoms with Crippen molar-refractivity contribution in [3.05, 3.63) is 92.2 Å². The van der Waals surface area contributed by atoms with Crippen LogP contribution >= 0.6 is 22.9 Å². The van der Waals surface area contributed by atoms with E-state index in [0.717, 1.165) is 4.88 Å². The number of carbonyl (C=O) groups excluding carboxylic acids is 2. The number of nitriles is 1. The lowest BCUT2D eigenvalue weighted by Gasteiger charge is -2.17. The molecule has 0 aliphatic carbocycles. The van der Waals surface area contributed by atoms with Crippen molar-refractivity contribution in [2.45, 2.75) is 26.4 Å². The summed E-state index contributed by atoms with van der Waals surface area (Å²) in [6.07, 6.45) is -1.34. The van der Waals surface area contributed by atoms with Gasteiger partial charge in [0.2, 0.25) is 0 Å². The highest BCUT2D eigenvalue weighted by Crippen LogP contribution is 2.37. The number of carbonyl (C=O) groups is 2. The molecule has 5 rings (SSSR count). The summed E-state index contributed by atoms with van der Waals surface area (Å²) in [5.74, 6) is -0.439. The van der Waals surface area contributed by atoms with Gasteiger partial charge in [-0.2, -0.15) is 5.26 Å². The van der Waals surface area contributed by atoms with Gasteiger partial charge in [0.15, 0.2) is 5.13 Å². The first-order chi connectivity index (χ1) is 19.2. The molecule has 3 heterocycles. The van der Waals surface area contributed by atoms with Crippen molar-refractivity contribution in [3.63, 3.8) is 0 Å². The first-order valence-electron chi connectivity index (χ1n) is 11.9. The van der Waals surface area contributed by atoms with E-state index >= 15 is 0 Å². The number of methoxy groups -OCH3 is 1. The second-order valence-electron chi connectivity index (χ2n) is 8.91. The molecule has 0 spiro atoms. The van der Waals surface area contributed by atoms with Gasteiger partial charge in [-0.25, -0.2) is 13.8 Å². The van der Waals surface area contributed by atoms with Crippen molar-refractivity contribution >= 4 is 39.9 Å². The van der Waals surface area contributed by atoms with Crippen molar-refractivity contribution in [2.75, 3.05) is 12.4 Å². The molecule has 1 aliphatic rings. The van der Waals surface area contributed by atoms with Crippen LogP contribution in [0.2, 0.25) is 5.02 Å². The normalized spacial score (nSPS) is 12.3. The molecule has 0 saturated carbocycles. The van der Waals surface area contributed by atoms with Crippen molar-refractivity contribution in [3.8, 4) is 22.9 Å². The van der Waals surface area contributed by atoms with Gasteiger partial charge in [0.05, 0.1) is 58.6 Å². The number of thiazole rings is 1. The van der Waals surface area contributed by atoms with Crippen LogP contribution in [0.5, 0.6) is 5.75 Å². The first-order valence-corrected chi connectivity index (χ1v) is 13.1. The van der Waals surface area contributed by atoms with Gasteiger partial charge in [-0.15, -0.1) is 0 Å². The molecular formula is C28H20ClF2N5O3S. The zero-order valence-corrected chi connectivity index (χ0v) is 22.7. The summed E-state index contributed by atoms with van der Waals surface area (Å²) in [4.78, 5) is 37.4. The molecule has 2 amide bonds. The van der Waals surface area contributed by atoms with Crippen LogP contribution in [0.15, 0.2) is 48.7 Å². The van der Waals surface area contributed by atoms with Crippen LogP contribution in [0, 0.1) is 18.3 Å². The molecule has 0 saturated heterocycles. The van der Waals surface area contributed by atoms with Crippen LogP contribution in [0.25, 0.3) is 11.1 Å². The molecule has 0 radical (unpaired) electrons. The number of aryl methyl sites for hydroxylation is 1. The summed E-state index contributed by atoms with van der Waals surface area (Å²) in [6, 6.07) is 12.8. The van der Waals surface area contributed by atoms with Crippen LogP contribution in [0.4, 0.5) is 13.9 Å². The van der Waals surface area contributed by atoms with E-state index in [1.54, 1.807) is 31.2 Å². The quantitative estimate of drug-likeness (QED) is 0.283. The number of rotatable bonds is 6. The molecule has 1 aliphatic heterocycles. The molecule has 8 nitrogen and oxygen atoms in total. The summed E-state index contributed by atoms with van der Waals surface area (Å²) in [7, 11) is 1.51. The van der Waals surface area contributed by atoms with E-state index < -0.39 is 23.8 Å². The van der Waals surface area contributed by atoms with E-state index in [2.05, 4.69) is 21.4 Å². The zero-order valence-electron chi connectivity index (χ0n) is 21.2. The maximum Gasteiger partial charge on any atom is 0.265 e. The Morgan fingerprint density at radius 2 is 1.98 bits per heavy atom. The van der Waals surface area contributed by atoms with E-state index in [-0.39, 0.29) is 29.2 Å². The summed E-state index contributed by atoms with van der Waals surface area (Å²) in [5, 5.41) is 12.2. The Bertz CT molecular complexity index is 1680. The Kier molecular flexibility index (Phi) is 7.47. The van der Waals surface area contributed by atoms with Gasteiger partial charge in [0, 0.05) is 28.6 Å². The molecule has 202 valence electrons. The predicted molar refractivity (Wildman–Crippen MR) is 146 cm³/mol. The molecule has 2 aromatic carbocycles. The number of fused-ring (bicyclic) bond motifs is 1. The lowest BCUT2D eigenvalue weighted by Crippen LogP contribution is -2.26. The molecule has 0 bridgehead atoms. The zero-order chi connectivity index (χ0) is 28.6. The molecule has 12 heteroatoms. The number of pyridine rings is 1. The highest BCUT2D eigenvalue weighted by molar-refractivity contribution is 7.16. The van der Waals surface area contributed by atoms with Crippen molar-refractivity contribution < 1.29 is 23.1 Å². The third-order valence-electron chi connectivity index (χ3n) is 6.36. The molecule has 0 atom stereocenters. The Balaban J connectivity index is 1.36. The van der Waals surface area contributed by atoms with Gasteiger partial charge in [-0.1, -0.05) is 35.1 Å². The van der Waals surface area contributed by atoms with Gasteiger partial charge < -0.3 is 9.64 Å². The number of aromatic nitrogens is 2. The van der Waals surface area contributed by atoms with Gasteiger partial charge in [-0.05, 0) is 37.3 Å². The molecule has 2 aromatic heterocycles. The summed E-state index contributed by atoms with van der Waals surface area (Å²) in [6.45, 7) is 2.14. The number of benzene rings is 2. The Morgan fingerprint density at radius 1 is 1.18 bits per heavy atom. The van der Waals surface area contributed by atoms with E-state index in [1.165, 1.54) is 47.7 Å². The third-order valence-corrected chi connectivity index (χ3v) is 7.78. The van der Waals surface area contributed by atoms with Gasteiger partial charge in [-0.3, -0.25) is 19.9 Å². The molecule has 0 unspecified atom stereocenters. The van der Waals surface area contributed by atoms with Crippen LogP contribution < -0.4 is 10.1 Å². The lowest BCUT2D eigenvalue weighted by atomic mass is 9.97. The second-order valence-corrected chi connectivity index (χ2v) is 10.4. The number of halogens is 3.